The summed E-state index contributed by atoms with van der Waals surface area (Å²) >= 11 is 0. The van der Waals surface area contributed by atoms with E-state index < -0.39 is 9.84 Å². The van der Waals surface area contributed by atoms with Crippen molar-refractivity contribution in [2.24, 2.45) is 0 Å². The Kier molecular flexibility index (Phi) is 4.01. The van der Waals surface area contributed by atoms with Crippen LogP contribution in [0.4, 0.5) is 5.69 Å². The van der Waals surface area contributed by atoms with E-state index in [0.717, 1.165) is 42.8 Å². The molecule has 0 atom stereocenters. The monoisotopic (exact) mass is 355 g/mol. The second kappa shape index (κ2) is 6.20. The fourth-order valence-electron chi connectivity index (χ4n) is 3.31. The van der Waals surface area contributed by atoms with Crippen LogP contribution < -0.4 is 4.90 Å². The molecule has 1 saturated heterocycles. The van der Waals surface area contributed by atoms with E-state index in [1.54, 1.807) is 30.3 Å². The molecule has 0 unspecified atom stereocenters. The predicted molar refractivity (Wildman–Crippen MR) is 99.9 cm³/mol. The van der Waals surface area contributed by atoms with Gasteiger partial charge in [0.2, 0.25) is 9.84 Å². The van der Waals surface area contributed by atoms with Crippen LogP contribution in [0.5, 0.6) is 0 Å². The lowest BCUT2D eigenvalue weighted by atomic mass is 10.2. The fourth-order valence-corrected chi connectivity index (χ4v) is 4.59. The molecule has 0 bridgehead atoms. The van der Waals surface area contributed by atoms with Crippen LogP contribution in [0.3, 0.4) is 0 Å². The molecular weight excluding hydrogens is 334 g/mol. The summed E-state index contributed by atoms with van der Waals surface area (Å²) in [6.45, 7) is 3.91. The fraction of sp³-hybridized carbons (Fsp3) is 0.263. The second-order valence-electron chi connectivity index (χ2n) is 6.48. The number of hydrogen-bond acceptors (Lipinski definition) is 4. The highest BCUT2D eigenvalue weighted by molar-refractivity contribution is 7.91. The van der Waals surface area contributed by atoms with Gasteiger partial charge in [-0.2, -0.15) is 0 Å². The van der Waals surface area contributed by atoms with E-state index >= 15 is 0 Å². The zero-order valence-corrected chi connectivity index (χ0v) is 15.0. The average Bonchev–Trinajstić information content (AvgIpc) is 3.08. The highest BCUT2D eigenvalue weighted by Gasteiger charge is 2.22. The summed E-state index contributed by atoms with van der Waals surface area (Å²) in [4.78, 5) is 8.04. The van der Waals surface area contributed by atoms with Crippen LogP contribution in [-0.4, -0.2) is 51.5 Å². The lowest BCUT2D eigenvalue weighted by Gasteiger charge is -2.34. The molecule has 0 amide bonds. The number of likely N-dealkylation sites (N-methyl/N-ethyl adjacent to an activating group) is 1. The van der Waals surface area contributed by atoms with Gasteiger partial charge < -0.3 is 14.8 Å². The standard InChI is InChI=1S/C19H21N3O2S/c1-21-10-12-22(13-11-21)18-9-5-8-17-16(18)14-19(20-17)25(23,24)15-6-3-2-4-7-15/h2-9,14,20H,10-13H2,1H3. The third-order valence-electron chi connectivity index (χ3n) is 4.80. The van der Waals surface area contributed by atoms with Gasteiger partial charge >= 0.3 is 0 Å². The maximum Gasteiger partial charge on any atom is 0.221 e. The summed E-state index contributed by atoms with van der Waals surface area (Å²) in [6.07, 6.45) is 0. The van der Waals surface area contributed by atoms with Gasteiger partial charge in [0.05, 0.1) is 4.90 Å². The largest absolute Gasteiger partial charge is 0.368 e. The molecule has 4 rings (SSSR count). The van der Waals surface area contributed by atoms with Crippen molar-refractivity contribution in [2.75, 3.05) is 38.1 Å². The molecule has 1 fully saturated rings. The van der Waals surface area contributed by atoms with Gasteiger partial charge in [-0.15, -0.1) is 0 Å². The maximum atomic E-state index is 12.9. The molecule has 5 nitrogen and oxygen atoms in total. The second-order valence-corrected chi connectivity index (χ2v) is 8.40. The van der Waals surface area contributed by atoms with E-state index in [1.165, 1.54) is 0 Å². The number of rotatable bonds is 3. The highest BCUT2D eigenvalue weighted by atomic mass is 32.2. The molecule has 1 N–H and O–H groups in total. The number of aromatic amines is 1. The van der Waals surface area contributed by atoms with Crippen LogP contribution in [0.2, 0.25) is 0 Å². The van der Waals surface area contributed by atoms with Gasteiger partial charge in [-0.1, -0.05) is 24.3 Å². The van der Waals surface area contributed by atoms with Crippen LogP contribution in [0.15, 0.2) is 64.5 Å². The summed E-state index contributed by atoms with van der Waals surface area (Å²) in [5, 5.41) is 1.21. The number of benzene rings is 2. The van der Waals surface area contributed by atoms with Crippen LogP contribution >= 0.6 is 0 Å². The Balaban J connectivity index is 1.77. The molecule has 0 aliphatic carbocycles. The normalized spacial score (nSPS) is 16.4. The van der Waals surface area contributed by atoms with E-state index in [4.69, 9.17) is 0 Å². The van der Waals surface area contributed by atoms with Gasteiger partial charge in [0.25, 0.3) is 0 Å². The lowest BCUT2D eigenvalue weighted by molar-refractivity contribution is 0.313. The zero-order chi connectivity index (χ0) is 17.4. The number of nitrogens with one attached hydrogen (secondary N) is 1. The summed E-state index contributed by atoms with van der Waals surface area (Å²) in [5.41, 5.74) is 1.95. The van der Waals surface area contributed by atoms with Crippen molar-refractivity contribution in [1.82, 2.24) is 9.88 Å². The van der Waals surface area contributed by atoms with Crippen molar-refractivity contribution in [3.05, 3.63) is 54.6 Å². The molecule has 0 saturated carbocycles. The third kappa shape index (κ3) is 2.92. The van der Waals surface area contributed by atoms with E-state index in [0.29, 0.717) is 4.90 Å². The van der Waals surface area contributed by atoms with E-state index in [9.17, 15) is 8.42 Å². The Morgan fingerprint density at radius 3 is 2.36 bits per heavy atom. The van der Waals surface area contributed by atoms with Crippen molar-refractivity contribution in [2.45, 2.75) is 9.92 Å². The van der Waals surface area contributed by atoms with E-state index in [-0.39, 0.29) is 5.03 Å². The van der Waals surface area contributed by atoms with Gasteiger partial charge in [-0.05, 0) is 37.4 Å². The Morgan fingerprint density at radius 1 is 0.920 bits per heavy atom. The Hall–Kier alpha value is -2.31. The first kappa shape index (κ1) is 16.2. The van der Waals surface area contributed by atoms with Gasteiger partial charge in [0.1, 0.15) is 5.03 Å². The smallest absolute Gasteiger partial charge is 0.221 e. The zero-order valence-electron chi connectivity index (χ0n) is 14.1. The quantitative estimate of drug-likeness (QED) is 0.785. The van der Waals surface area contributed by atoms with Crippen LogP contribution in [-0.2, 0) is 9.84 Å². The number of fused-ring (bicyclic) bond motifs is 1. The Labute approximate surface area is 147 Å². The number of H-pyrrole nitrogens is 1. The molecule has 130 valence electrons. The Morgan fingerprint density at radius 2 is 1.64 bits per heavy atom. The molecule has 1 aliphatic rings. The van der Waals surface area contributed by atoms with Gasteiger partial charge in [-0.3, -0.25) is 0 Å². The minimum atomic E-state index is -3.54. The van der Waals surface area contributed by atoms with Crippen LogP contribution in [0, 0.1) is 0 Å². The van der Waals surface area contributed by atoms with E-state index in [1.807, 2.05) is 18.2 Å². The first-order valence-electron chi connectivity index (χ1n) is 8.41. The number of piperazine rings is 1. The number of hydrogen-bond donors (Lipinski definition) is 1. The molecule has 1 aromatic heterocycles. The summed E-state index contributed by atoms with van der Waals surface area (Å²) < 4.78 is 25.8. The lowest BCUT2D eigenvalue weighted by Crippen LogP contribution is -2.44. The first-order valence-corrected chi connectivity index (χ1v) is 9.89. The van der Waals surface area contributed by atoms with Gasteiger partial charge in [-0.25, -0.2) is 8.42 Å². The topological polar surface area (TPSA) is 56.4 Å². The SMILES string of the molecule is CN1CCN(c2cccc3[nH]c(S(=O)(=O)c4ccccc4)cc23)CC1. The molecular formula is C19H21N3O2S. The summed E-state index contributed by atoms with van der Waals surface area (Å²) in [5.74, 6) is 0. The van der Waals surface area contributed by atoms with Gasteiger partial charge in [0.15, 0.2) is 0 Å². The van der Waals surface area contributed by atoms with Crippen molar-refractivity contribution >= 4 is 26.4 Å². The number of nitrogens with zero attached hydrogens (tertiary/aromatic N) is 2. The van der Waals surface area contributed by atoms with Crippen molar-refractivity contribution in [3.8, 4) is 0 Å². The molecule has 25 heavy (non-hydrogen) atoms. The van der Waals surface area contributed by atoms with Crippen molar-refractivity contribution in [3.63, 3.8) is 0 Å². The molecule has 0 spiro atoms. The maximum absolute atomic E-state index is 12.9. The first-order chi connectivity index (χ1) is 12.1. The average molecular weight is 355 g/mol. The molecule has 0 radical (unpaired) electrons. The third-order valence-corrected chi connectivity index (χ3v) is 6.50. The summed E-state index contributed by atoms with van der Waals surface area (Å²) in [7, 11) is -1.42. The summed E-state index contributed by atoms with van der Waals surface area (Å²) in [6, 6.07) is 16.3. The Bertz CT molecular complexity index is 988. The van der Waals surface area contributed by atoms with Crippen LogP contribution in [0.1, 0.15) is 0 Å². The highest BCUT2D eigenvalue weighted by Crippen LogP contribution is 2.31. The number of anilines is 1. The minimum absolute atomic E-state index is 0.246. The molecule has 2 aromatic carbocycles. The number of sulfone groups is 1. The van der Waals surface area contributed by atoms with Crippen molar-refractivity contribution in [1.29, 1.82) is 0 Å². The molecule has 3 aromatic rings. The predicted octanol–water partition coefficient (Wildman–Crippen LogP) is 2.75. The molecule has 1 aliphatic heterocycles. The van der Waals surface area contributed by atoms with E-state index in [2.05, 4.69) is 27.9 Å². The van der Waals surface area contributed by atoms with Crippen molar-refractivity contribution < 1.29 is 8.42 Å². The minimum Gasteiger partial charge on any atom is -0.368 e. The van der Waals surface area contributed by atoms with Crippen LogP contribution in [0.25, 0.3) is 10.9 Å². The molecule has 2 heterocycles. The molecule has 6 heteroatoms. The number of aromatic nitrogens is 1. The van der Waals surface area contributed by atoms with Gasteiger partial charge in [0, 0.05) is 42.8 Å².